The molecule has 3 nitrogen and oxygen atoms in total. The van der Waals surface area contributed by atoms with Gasteiger partial charge in [-0.15, -0.1) is 0 Å². The Morgan fingerprint density at radius 2 is 2.06 bits per heavy atom. The van der Waals surface area contributed by atoms with E-state index in [-0.39, 0.29) is 5.78 Å². The number of hydrogen-bond acceptors (Lipinski definition) is 3. The van der Waals surface area contributed by atoms with E-state index in [1.807, 2.05) is 31.2 Å². The Balaban J connectivity index is 2.03. The van der Waals surface area contributed by atoms with Crippen LogP contribution in [0.15, 0.2) is 24.3 Å². The summed E-state index contributed by atoms with van der Waals surface area (Å²) >= 11 is 0. The van der Waals surface area contributed by atoms with Crippen LogP contribution in [0.25, 0.3) is 0 Å². The second kappa shape index (κ2) is 6.55. The fraction of sp³-hybridized carbons (Fsp3) is 0.533. The molecule has 98 valence electrons. The minimum atomic E-state index is 0.186. The summed E-state index contributed by atoms with van der Waals surface area (Å²) in [6, 6.07) is 7.50. The van der Waals surface area contributed by atoms with E-state index in [0.29, 0.717) is 30.3 Å². The Labute approximate surface area is 108 Å². The van der Waals surface area contributed by atoms with Gasteiger partial charge in [0.1, 0.15) is 5.75 Å². The number of ketones is 1. The van der Waals surface area contributed by atoms with Gasteiger partial charge in [-0.3, -0.25) is 4.79 Å². The molecule has 18 heavy (non-hydrogen) atoms. The van der Waals surface area contributed by atoms with Crippen molar-refractivity contribution in [1.29, 1.82) is 0 Å². The maximum Gasteiger partial charge on any atom is 0.166 e. The van der Waals surface area contributed by atoms with E-state index < -0.39 is 0 Å². The van der Waals surface area contributed by atoms with Crippen LogP contribution >= 0.6 is 0 Å². The van der Waals surface area contributed by atoms with Gasteiger partial charge in [0.15, 0.2) is 5.78 Å². The highest BCUT2D eigenvalue weighted by Crippen LogP contribution is 2.25. The SMILES string of the molecule is CCOc1ccccc1C(=O)CC1CCOCC1. The number of carbonyl (C=O) groups is 1. The molecule has 0 atom stereocenters. The highest BCUT2D eigenvalue weighted by Gasteiger charge is 2.20. The van der Waals surface area contributed by atoms with Crippen LogP contribution in [0.2, 0.25) is 0 Å². The van der Waals surface area contributed by atoms with Crippen LogP contribution in [0.1, 0.15) is 36.5 Å². The first kappa shape index (κ1) is 13.1. The van der Waals surface area contributed by atoms with E-state index in [4.69, 9.17) is 9.47 Å². The van der Waals surface area contributed by atoms with E-state index in [1.165, 1.54) is 0 Å². The number of Topliss-reactive ketones (excluding diaryl/α,β-unsaturated/α-hetero) is 1. The summed E-state index contributed by atoms with van der Waals surface area (Å²) < 4.78 is 10.8. The molecular weight excluding hydrogens is 228 g/mol. The Hall–Kier alpha value is -1.35. The van der Waals surface area contributed by atoms with Gasteiger partial charge in [-0.1, -0.05) is 12.1 Å². The average molecular weight is 248 g/mol. The normalized spacial score (nSPS) is 16.5. The number of hydrogen-bond donors (Lipinski definition) is 0. The van der Waals surface area contributed by atoms with Crippen LogP contribution in [0, 0.1) is 5.92 Å². The molecule has 1 fully saturated rings. The third kappa shape index (κ3) is 3.33. The number of ether oxygens (including phenoxy) is 2. The topological polar surface area (TPSA) is 35.5 Å². The quantitative estimate of drug-likeness (QED) is 0.751. The second-order valence-corrected chi connectivity index (χ2v) is 4.61. The predicted molar refractivity (Wildman–Crippen MR) is 70.1 cm³/mol. The molecule has 1 aromatic rings. The second-order valence-electron chi connectivity index (χ2n) is 4.61. The monoisotopic (exact) mass is 248 g/mol. The van der Waals surface area contributed by atoms with Crippen molar-refractivity contribution in [3.05, 3.63) is 29.8 Å². The van der Waals surface area contributed by atoms with Crippen LogP contribution in [-0.2, 0) is 4.74 Å². The number of rotatable bonds is 5. The van der Waals surface area contributed by atoms with E-state index in [9.17, 15) is 4.79 Å². The van der Waals surface area contributed by atoms with Crippen LogP contribution in [0.5, 0.6) is 5.75 Å². The molecule has 1 aromatic carbocycles. The smallest absolute Gasteiger partial charge is 0.166 e. The van der Waals surface area contributed by atoms with Crippen molar-refractivity contribution in [2.45, 2.75) is 26.2 Å². The van der Waals surface area contributed by atoms with Gasteiger partial charge in [0.25, 0.3) is 0 Å². The lowest BCUT2D eigenvalue weighted by Crippen LogP contribution is -2.19. The number of carbonyl (C=O) groups excluding carboxylic acids is 1. The van der Waals surface area contributed by atoms with E-state index in [1.54, 1.807) is 0 Å². The molecule has 1 aliphatic rings. The van der Waals surface area contributed by atoms with Crippen molar-refractivity contribution >= 4 is 5.78 Å². The Morgan fingerprint density at radius 3 is 2.78 bits per heavy atom. The molecule has 0 saturated carbocycles. The zero-order chi connectivity index (χ0) is 12.8. The number of benzene rings is 1. The third-order valence-electron chi connectivity index (χ3n) is 3.30. The van der Waals surface area contributed by atoms with Crippen molar-refractivity contribution in [2.75, 3.05) is 19.8 Å². The van der Waals surface area contributed by atoms with Crippen LogP contribution < -0.4 is 4.74 Å². The summed E-state index contributed by atoms with van der Waals surface area (Å²) in [6.07, 6.45) is 2.58. The zero-order valence-corrected chi connectivity index (χ0v) is 10.9. The van der Waals surface area contributed by atoms with Crippen LogP contribution in [0.3, 0.4) is 0 Å². The molecular formula is C15H20O3. The minimum absolute atomic E-state index is 0.186. The minimum Gasteiger partial charge on any atom is -0.493 e. The Morgan fingerprint density at radius 1 is 1.33 bits per heavy atom. The van der Waals surface area contributed by atoms with Crippen molar-refractivity contribution < 1.29 is 14.3 Å². The van der Waals surface area contributed by atoms with E-state index in [2.05, 4.69) is 0 Å². The summed E-state index contributed by atoms with van der Waals surface area (Å²) in [6.45, 7) is 4.08. The van der Waals surface area contributed by atoms with Crippen molar-refractivity contribution in [3.8, 4) is 5.75 Å². The highest BCUT2D eigenvalue weighted by atomic mass is 16.5. The highest BCUT2D eigenvalue weighted by molar-refractivity contribution is 5.98. The van der Waals surface area contributed by atoms with Crippen molar-refractivity contribution in [3.63, 3.8) is 0 Å². The Kier molecular flexibility index (Phi) is 4.76. The van der Waals surface area contributed by atoms with Gasteiger partial charge in [0.2, 0.25) is 0 Å². The molecule has 0 aromatic heterocycles. The van der Waals surface area contributed by atoms with Crippen LogP contribution in [-0.4, -0.2) is 25.6 Å². The molecule has 0 N–H and O–H groups in total. The van der Waals surface area contributed by atoms with Gasteiger partial charge in [-0.05, 0) is 37.8 Å². The first-order chi connectivity index (χ1) is 8.81. The molecule has 2 rings (SSSR count). The first-order valence-electron chi connectivity index (χ1n) is 6.64. The van der Waals surface area contributed by atoms with Gasteiger partial charge in [-0.25, -0.2) is 0 Å². The fourth-order valence-electron chi connectivity index (χ4n) is 2.30. The maximum atomic E-state index is 12.3. The molecule has 0 unspecified atom stereocenters. The van der Waals surface area contributed by atoms with Crippen molar-refractivity contribution in [2.24, 2.45) is 5.92 Å². The lowest BCUT2D eigenvalue weighted by atomic mass is 9.92. The van der Waals surface area contributed by atoms with Gasteiger partial charge < -0.3 is 9.47 Å². The predicted octanol–water partition coefficient (Wildman–Crippen LogP) is 3.08. The van der Waals surface area contributed by atoms with Gasteiger partial charge >= 0.3 is 0 Å². The van der Waals surface area contributed by atoms with E-state index in [0.717, 1.165) is 26.1 Å². The summed E-state index contributed by atoms with van der Waals surface area (Å²) in [5.41, 5.74) is 0.714. The lowest BCUT2D eigenvalue weighted by molar-refractivity contribution is 0.0600. The summed E-state index contributed by atoms with van der Waals surface area (Å²) in [5.74, 6) is 1.35. The summed E-state index contributed by atoms with van der Waals surface area (Å²) in [7, 11) is 0. The third-order valence-corrected chi connectivity index (χ3v) is 3.30. The maximum absolute atomic E-state index is 12.3. The molecule has 0 aliphatic carbocycles. The molecule has 1 heterocycles. The molecule has 0 amide bonds. The van der Waals surface area contributed by atoms with Crippen LogP contribution in [0.4, 0.5) is 0 Å². The molecule has 0 spiro atoms. The molecule has 1 aliphatic heterocycles. The van der Waals surface area contributed by atoms with Crippen molar-refractivity contribution in [1.82, 2.24) is 0 Å². The number of para-hydroxylation sites is 1. The summed E-state index contributed by atoms with van der Waals surface area (Å²) in [5, 5.41) is 0. The van der Waals surface area contributed by atoms with Gasteiger partial charge in [0.05, 0.1) is 12.2 Å². The zero-order valence-electron chi connectivity index (χ0n) is 10.9. The first-order valence-corrected chi connectivity index (χ1v) is 6.64. The standard InChI is InChI=1S/C15H20O3/c1-2-18-15-6-4-3-5-13(15)14(16)11-12-7-9-17-10-8-12/h3-6,12H,2,7-11H2,1H3. The molecule has 0 radical (unpaired) electrons. The lowest BCUT2D eigenvalue weighted by Gasteiger charge is -2.21. The van der Waals surface area contributed by atoms with Gasteiger partial charge in [0, 0.05) is 19.6 Å². The largest absolute Gasteiger partial charge is 0.493 e. The molecule has 0 bridgehead atoms. The fourth-order valence-corrected chi connectivity index (χ4v) is 2.30. The molecule has 3 heteroatoms. The summed E-state index contributed by atoms with van der Waals surface area (Å²) in [4.78, 5) is 12.3. The van der Waals surface area contributed by atoms with Gasteiger partial charge in [-0.2, -0.15) is 0 Å². The van der Waals surface area contributed by atoms with E-state index >= 15 is 0 Å². The molecule has 1 saturated heterocycles. The Bertz CT molecular complexity index is 394. The average Bonchev–Trinajstić information content (AvgIpc) is 2.41.